The summed E-state index contributed by atoms with van der Waals surface area (Å²) in [5.41, 5.74) is 2.29. The van der Waals surface area contributed by atoms with Crippen molar-refractivity contribution in [3.8, 4) is 0 Å². The molecule has 2 atom stereocenters. The monoisotopic (exact) mass is 394 g/mol. The Bertz CT molecular complexity index is 864. The molecule has 1 fully saturated rings. The lowest BCUT2D eigenvalue weighted by Gasteiger charge is -2.32. The number of benzene rings is 2. The minimum absolute atomic E-state index is 0.0423. The topological polar surface area (TPSA) is 86.7 Å². The van der Waals surface area contributed by atoms with Gasteiger partial charge < -0.3 is 15.3 Å². The Balaban J connectivity index is 1.56. The maximum absolute atomic E-state index is 12.7. The summed E-state index contributed by atoms with van der Waals surface area (Å²) in [7, 11) is 0. The molecule has 2 unspecified atom stereocenters. The first kappa shape index (κ1) is 20.6. The van der Waals surface area contributed by atoms with Gasteiger partial charge in [0.15, 0.2) is 0 Å². The number of aliphatic carboxylic acids is 1. The number of carbonyl (C=O) groups is 3. The summed E-state index contributed by atoms with van der Waals surface area (Å²) in [4.78, 5) is 38.1. The van der Waals surface area contributed by atoms with Gasteiger partial charge >= 0.3 is 5.97 Å². The molecule has 0 aliphatic carbocycles. The highest BCUT2D eigenvalue weighted by atomic mass is 16.4. The molecule has 1 aliphatic heterocycles. The third kappa shape index (κ3) is 5.44. The first-order chi connectivity index (χ1) is 13.9. The predicted molar refractivity (Wildman–Crippen MR) is 111 cm³/mol. The Morgan fingerprint density at radius 1 is 1.10 bits per heavy atom. The van der Waals surface area contributed by atoms with Gasteiger partial charge in [0, 0.05) is 18.8 Å². The molecule has 1 saturated heterocycles. The first-order valence-corrected chi connectivity index (χ1v) is 9.89. The second-order valence-electron chi connectivity index (χ2n) is 7.51. The first-order valence-electron chi connectivity index (χ1n) is 9.89. The number of piperidine rings is 1. The van der Waals surface area contributed by atoms with Gasteiger partial charge in [-0.15, -0.1) is 0 Å². The maximum Gasteiger partial charge on any atom is 0.310 e. The molecule has 3 rings (SSSR count). The zero-order chi connectivity index (χ0) is 20.8. The predicted octanol–water partition coefficient (Wildman–Crippen LogP) is 3.29. The van der Waals surface area contributed by atoms with Crippen molar-refractivity contribution in [2.24, 2.45) is 5.92 Å². The molecule has 6 nitrogen and oxygen atoms in total. The van der Waals surface area contributed by atoms with Gasteiger partial charge in [0.1, 0.15) is 0 Å². The normalized spacial score (nSPS) is 17.4. The number of nitrogens with zero attached hydrogens (tertiary/aromatic N) is 1. The Morgan fingerprint density at radius 3 is 2.45 bits per heavy atom. The summed E-state index contributed by atoms with van der Waals surface area (Å²) in [6.45, 7) is 2.72. The molecule has 1 heterocycles. The molecule has 1 aliphatic rings. The molecule has 152 valence electrons. The third-order valence-electron chi connectivity index (χ3n) is 5.39. The zero-order valence-corrected chi connectivity index (χ0v) is 16.5. The van der Waals surface area contributed by atoms with Gasteiger partial charge in [-0.1, -0.05) is 42.5 Å². The Morgan fingerprint density at radius 2 is 1.79 bits per heavy atom. The molecule has 2 aromatic carbocycles. The lowest BCUT2D eigenvalue weighted by atomic mass is 9.96. The van der Waals surface area contributed by atoms with E-state index in [0.717, 1.165) is 18.4 Å². The van der Waals surface area contributed by atoms with E-state index in [9.17, 15) is 14.4 Å². The Labute approximate surface area is 170 Å². The molecule has 2 amide bonds. The van der Waals surface area contributed by atoms with E-state index in [2.05, 4.69) is 5.32 Å². The largest absolute Gasteiger partial charge is 0.481 e. The lowest BCUT2D eigenvalue weighted by molar-refractivity contribution is -0.138. The average Bonchev–Trinajstić information content (AvgIpc) is 2.74. The molecular weight excluding hydrogens is 368 g/mol. The van der Waals surface area contributed by atoms with E-state index in [-0.39, 0.29) is 17.7 Å². The van der Waals surface area contributed by atoms with Crippen LogP contribution in [0.2, 0.25) is 0 Å². The second kappa shape index (κ2) is 9.37. The van der Waals surface area contributed by atoms with Crippen molar-refractivity contribution in [1.29, 1.82) is 0 Å². The van der Waals surface area contributed by atoms with Crippen LogP contribution in [-0.4, -0.2) is 40.9 Å². The fourth-order valence-electron chi connectivity index (χ4n) is 3.54. The van der Waals surface area contributed by atoms with Crippen molar-refractivity contribution in [1.82, 2.24) is 4.90 Å². The summed E-state index contributed by atoms with van der Waals surface area (Å²) >= 11 is 0. The summed E-state index contributed by atoms with van der Waals surface area (Å²) in [6.07, 6.45) is 1.89. The quantitative estimate of drug-likeness (QED) is 0.787. The van der Waals surface area contributed by atoms with Crippen LogP contribution in [0.25, 0.3) is 0 Å². The standard InChI is InChI=1S/C23H26N2O4/c1-16(23(28)29)18-9-11-20(12-10-18)24-22(27)19-8-5-13-25(15-19)21(26)14-17-6-3-2-4-7-17/h2-4,6-7,9-12,16,19H,5,8,13-15H2,1H3,(H,24,27)(H,28,29). The van der Waals surface area contributed by atoms with E-state index in [4.69, 9.17) is 5.11 Å². The van der Waals surface area contributed by atoms with Crippen LogP contribution in [-0.2, 0) is 20.8 Å². The molecule has 0 saturated carbocycles. The SMILES string of the molecule is CC(C(=O)O)c1ccc(NC(=O)C2CCCN(C(=O)Cc3ccccc3)C2)cc1. The molecule has 0 spiro atoms. The minimum atomic E-state index is -0.885. The number of anilines is 1. The van der Waals surface area contributed by atoms with E-state index in [1.807, 2.05) is 30.3 Å². The van der Waals surface area contributed by atoms with Crippen molar-refractivity contribution in [2.75, 3.05) is 18.4 Å². The smallest absolute Gasteiger partial charge is 0.310 e. The number of hydrogen-bond acceptors (Lipinski definition) is 3. The van der Waals surface area contributed by atoms with Gasteiger partial charge in [-0.2, -0.15) is 0 Å². The van der Waals surface area contributed by atoms with Gasteiger partial charge in [-0.05, 0) is 43.0 Å². The van der Waals surface area contributed by atoms with Crippen molar-refractivity contribution in [3.05, 3.63) is 65.7 Å². The van der Waals surface area contributed by atoms with E-state index < -0.39 is 11.9 Å². The number of hydrogen-bond donors (Lipinski definition) is 2. The highest BCUT2D eigenvalue weighted by Gasteiger charge is 2.28. The second-order valence-corrected chi connectivity index (χ2v) is 7.51. The van der Waals surface area contributed by atoms with Crippen LogP contribution >= 0.6 is 0 Å². The Kier molecular flexibility index (Phi) is 6.65. The minimum Gasteiger partial charge on any atom is -0.481 e. The highest BCUT2D eigenvalue weighted by Crippen LogP contribution is 2.22. The number of amides is 2. The van der Waals surface area contributed by atoms with E-state index in [0.29, 0.717) is 30.8 Å². The number of carboxylic acids is 1. The highest BCUT2D eigenvalue weighted by molar-refractivity contribution is 5.93. The summed E-state index contributed by atoms with van der Waals surface area (Å²) < 4.78 is 0. The van der Waals surface area contributed by atoms with Crippen molar-refractivity contribution >= 4 is 23.5 Å². The van der Waals surface area contributed by atoms with Gasteiger partial charge in [0.25, 0.3) is 0 Å². The van der Waals surface area contributed by atoms with E-state index in [1.165, 1.54) is 0 Å². The van der Waals surface area contributed by atoms with Gasteiger partial charge in [0.2, 0.25) is 11.8 Å². The lowest BCUT2D eigenvalue weighted by Crippen LogP contribution is -2.44. The van der Waals surface area contributed by atoms with E-state index in [1.54, 1.807) is 36.1 Å². The average molecular weight is 394 g/mol. The van der Waals surface area contributed by atoms with Crippen LogP contribution in [0.5, 0.6) is 0 Å². The van der Waals surface area contributed by atoms with Crippen LogP contribution < -0.4 is 5.32 Å². The van der Waals surface area contributed by atoms with Crippen molar-refractivity contribution in [3.63, 3.8) is 0 Å². The molecule has 0 aromatic heterocycles. The van der Waals surface area contributed by atoms with Crippen LogP contribution in [0.3, 0.4) is 0 Å². The number of carboxylic acid groups (broad SMARTS) is 1. The van der Waals surface area contributed by atoms with Gasteiger partial charge in [0.05, 0.1) is 18.3 Å². The fourth-order valence-corrected chi connectivity index (χ4v) is 3.54. The molecule has 2 N–H and O–H groups in total. The fraction of sp³-hybridized carbons (Fsp3) is 0.348. The summed E-state index contributed by atoms with van der Waals surface area (Å²) in [5, 5.41) is 12.0. The van der Waals surface area contributed by atoms with E-state index >= 15 is 0 Å². The molecule has 0 radical (unpaired) electrons. The third-order valence-corrected chi connectivity index (χ3v) is 5.39. The number of rotatable bonds is 6. The molecule has 29 heavy (non-hydrogen) atoms. The molecule has 6 heteroatoms. The zero-order valence-electron chi connectivity index (χ0n) is 16.5. The van der Waals surface area contributed by atoms with Crippen LogP contribution in [0, 0.1) is 5.92 Å². The Hall–Kier alpha value is -3.15. The van der Waals surface area contributed by atoms with Crippen LogP contribution in [0.1, 0.15) is 36.8 Å². The van der Waals surface area contributed by atoms with Crippen molar-refractivity contribution < 1.29 is 19.5 Å². The number of nitrogens with one attached hydrogen (secondary N) is 1. The van der Waals surface area contributed by atoms with Crippen molar-refractivity contribution in [2.45, 2.75) is 32.1 Å². The summed E-state index contributed by atoms with van der Waals surface area (Å²) in [5.74, 6) is -1.80. The molecule has 0 bridgehead atoms. The molecular formula is C23H26N2O4. The van der Waals surface area contributed by atoms with Crippen LogP contribution in [0.4, 0.5) is 5.69 Å². The van der Waals surface area contributed by atoms with Gasteiger partial charge in [-0.3, -0.25) is 14.4 Å². The summed E-state index contributed by atoms with van der Waals surface area (Å²) in [6, 6.07) is 16.5. The maximum atomic E-state index is 12.7. The number of carbonyl (C=O) groups excluding carboxylic acids is 2. The van der Waals surface area contributed by atoms with Gasteiger partial charge in [-0.25, -0.2) is 0 Å². The number of likely N-dealkylation sites (tertiary alicyclic amines) is 1. The molecule has 2 aromatic rings. The van der Waals surface area contributed by atoms with Crippen LogP contribution in [0.15, 0.2) is 54.6 Å².